The van der Waals surface area contributed by atoms with E-state index in [9.17, 15) is 4.79 Å². The second-order valence-corrected chi connectivity index (χ2v) is 6.41. The molecule has 0 aromatic carbocycles. The molecule has 0 bridgehead atoms. The van der Waals surface area contributed by atoms with Gasteiger partial charge in [0.15, 0.2) is 0 Å². The highest BCUT2D eigenvalue weighted by Gasteiger charge is 2.31. The Kier molecular flexibility index (Phi) is 3.40. The van der Waals surface area contributed by atoms with Crippen LogP contribution in [0.3, 0.4) is 0 Å². The molecule has 2 heterocycles. The van der Waals surface area contributed by atoms with Crippen molar-refractivity contribution in [1.82, 2.24) is 14.7 Å². The molecule has 100 valence electrons. The highest BCUT2D eigenvalue weighted by atomic mass is 79.9. The van der Waals surface area contributed by atoms with Crippen molar-refractivity contribution >= 4 is 22.0 Å². The first kappa shape index (κ1) is 13.4. The molecule has 0 radical (unpaired) electrons. The Hall–Kier alpha value is -1.04. The predicted molar refractivity (Wildman–Crippen MR) is 71.2 cm³/mol. The smallest absolute Gasteiger partial charge is 0.410 e. The normalized spacial score (nSPS) is 19.6. The lowest BCUT2D eigenvalue weighted by Crippen LogP contribution is -2.46. The van der Waals surface area contributed by atoms with Crippen LogP contribution >= 0.6 is 15.9 Å². The van der Waals surface area contributed by atoms with Gasteiger partial charge in [-0.3, -0.25) is 9.58 Å². The maximum Gasteiger partial charge on any atom is 0.410 e. The van der Waals surface area contributed by atoms with Gasteiger partial charge in [0.2, 0.25) is 0 Å². The van der Waals surface area contributed by atoms with Crippen LogP contribution in [0.1, 0.15) is 33.4 Å². The summed E-state index contributed by atoms with van der Waals surface area (Å²) in [4.78, 5) is 13.8. The van der Waals surface area contributed by atoms with Gasteiger partial charge in [-0.25, -0.2) is 4.79 Å². The van der Waals surface area contributed by atoms with E-state index in [2.05, 4.69) is 21.0 Å². The number of nitrogens with zero attached hydrogens (tertiary/aromatic N) is 3. The fraction of sp³-hybridized carbons (Fsp3) is 0.667. The lowest BCUT2D eigenvalue weighted by atomic mass is 10.2. The third-order valence-corrected chi connectivity index (χ3v) is 3.15. The summed E-state index contributed by atoms with van der Waals surface area (Å²) < 4.78 is 8.14. The molecule has 0 fully saturated rings. The van der Waals surface area contributed by atoms with E-state index in [1.165, 1.54) is 0 Å². The lowest BCUT2D eigenvalue weighted by molar-refractivity contribution is 0.00906. The van der Waals surface area contributed by atoms with Gasteiger partial charge in [0.25, 0.3) is 0 Å². The summed E-state index contributed by atoms with van der Waals surface area (Å²) in [7, 11) is 0. The maximum atomic E-state index is 12.1. The van der Waals surface area contributed by atoms with Crippen LogP contribution in [0.5, 0.6) is 0 Å². The summed E-state index contributed by atoms with van der Waals surface area (Å²) in [5.74, 6) is 0. The number of hydrogen-bond acceptors (Lipinski definition) is 3. The average Bonchev–Trinajstić information content (AvgIpc) is 2.53. The van der Waals surface area contributed by atoms with E-state index in [1.54, 1.807) is 4.90 Å². The molecule has 5 nitrogen and oxygen atoms in total. The number of carbonyl (C=O) groups is 1. The monoisotopic (exact) mass is 315 g/mol. The molecule has 1 aliphatic rings. The van der Waals surface area contributed by atoms with Gasteiger partial charge < -0.3 is 4.74 Å². The second-order valence-electron chi connectivity index (χ2n) is 5.60. The third-order valence-electron chi connectivity index (χ3n) is 2.76. The van der Waals surface area contributed by atoms with Gasteiger partial charge >= 0.3 is 6.09 Å². The van der Waals surface area contributed by atoms with E-state index in [-0.39, 0.29) is 12.1 Å². The van der Waals surface area contributed by atoms with Crippen molar-refractivity contribution in [1.29, 1.82) is 0 Å². The standard InChI is InChI=1S/C12H18BrN3O2/c1-8-6-16-9(5-10(13)14-16)7-15(8)11(17)18-12(2,3)4/h5,8H,6-7H2,1-4H3/t8-/m0/s1. The Balaban J connectivity index is 2.14. The first-order valence-corrected chi connectivity index (χ1v) is 6.77. The van der Waals surface area contributed by atoms with Crippen molar-refractivity contribution in [2.24, 2.45) is 0 Å². The van der Waals surface area contributed by atoms with E-state index < -0.39 is 5.60 Å². The quantitative estimate of drug-likeness (QED) is 0.739. The van der Waals surface area contributed by atoms with E-state index in [1.807, 2.05) is 38.4 Å². The van der Waals surface area contributed by atoms with Crippen molar-refractivity contribution in [3.63, 3.8) is 0 Å². The molecular formula is C12H18BrN3O2. The summed E-state index contributed by atoms with van der Waals surface area (Å²) >= 11 is 3.35. The number of fused-ring (bicyclic) bond motifs is 1. The van der Waals surface area contributed by atoms with Gasteiger partial charge in [-0.15, -0.1) is 0 Å². The number of aromatic nitrogens is 2. The fourth-order valence-corrected chi connectivity index (χ4v) is 2.41. The molecule has 18 heavy (non-hydrogen) atoms. The number of carbonyl (C=O) groups excluding carboxylic acids is 1. The molecule has 1 amide bonds. The van der Waals surface area contributed by atoms with Crippen LogP contribution in [-0.2, 0) is 17.8 Å². The number of halogens is 1. The molecular weight excluding hydrogens is 298 g/mol. The van der Waals surface area contributed by atoms with Crippen molar-refractivity contribution in [3.8, 4) is 0 Å². The predicted octanol–water partition coefficient (Wildman–Crippen LogP) is 2.78. The van der Waals surface area contributed by atoms with Crippen molar-refractivity contribution in [2.75, 3.05) is 0 Å². The largest absolute Gasteiger partial charge is 0.444 e. The van der Waals surface area contributed by atoms with Gasteiger partial charge in [-0.2, -0.15) is 5.10 Å². The SMILES string of the molecule is C[C@H]1Cn2nc(Br)cc2CN1C(=O)OC(C)(C)C. The molecule has 1 aromatic heterocycles. The van der Waals surface area contributed by atoms with Crippen molar-refractivity contribution in [2.45, 2.75) is 52.4 Å². The molecule has 0 saturated heterocycles. The zero-order valence-corrected chi connectivity index (χ0v) is 12.7. The van der Waals surface area contributed by atoms with Gasteiger partial charge in [-0.1, -0.05) is 0 Å². The Morgan fingerprint density at radius 2 is 2.22 bits per heavy atom. The van der Waals surface area contributed by atoms with E-state index in [0.717, 1.165) is 10.3 Å². The minimum Gasteiger partial charge on any atom is -0.444 e. The van der Waals surface area contributed by atoms with Crippen LogP contribution in [0.15, 0.2) is 10.7 Å². The molecule has 2 rings (SSSR count). The fourth-order valence-electron chi connectivity index (χ4n) is 1.95. The molecule has 0 N–H and O–H groups in total. The molecule has 1 aromatic rings. The van der Waals surface area contributed by atoms with Crippen molar-refractivity contribution in [3.05, 3.63) is 16.4 Å². The molecule has 0 unspecified atom stereocenters. The van der Waals surface area contributed by atoms with Crippen LogP contribution < -0.4 is 0 Å². The van der Waals surface area contributed by atoms with Crippen LogP contribution in [0.25, 0.3) is 0 Å². The topological polar surface area (TPSA) is 47.4 Å². The summed E-state index contributed by atoms with van der Waals surface area (Å²) in [5, 5.41) is 4.32. The molecule has 0 aliphatic carbocycles. The molecule has 6 heteroatoms. The lowest BCUT2D eigenvalue weighted by Gasteiger charge is -2.35. The van der Waals surface area contributed by atoms with E-state index in [0.29, 0.717) is 13.1 Å². The summed E-state index contributed by atoms with van der Waals surface area (Å²) in [5.41, 5.74) is 0.556. The number of rotatable bonds is 0. The molecule has 0 spiro atoms. The van der Waals surface area contributed by atoms with Gasteiger partial charge in [0, 0.05) is 0 Å². The number of amides is 1. The molecule has 1 aliphatic heterocycles. The number of ether oxygens (including phenoxy) is 1. The number of hydrogen-bond donors (Lipinski definition) is 0. The van der Waals surface area contributed by atoms with Crippen molar-refractivity contribution < 1.29 is 9.53 Å². The highest BCUT2D eigenvalue weighted by Crippen LogP contribution is 2.22. The first-order chi connectivity index (χ1) is 8.26. The second kappa shape index (κ2) is 4.57. The zero-order chi connectivity index (χ0) is 13.5. The third kappa shape index (κ3) is 2.85. The Morgan fingerprint density at radius 3 is 2.83 bits per heavy atom. The molecule has 0 saturated carbocycles. The Labute approximate surface area is 115 Å². The first-order valence-electron chi connectivity index (χ1n) is 5.98. The van der Waals surface area contributed by atoms with Crippen LogP contribution in [0, 0.1) is 0 Å². The maximum absolute atomic E-state index is 12.1. The minimum absolute atomic E-state index is 0.0825. The summed E-state index contributed by atoms with van der Waals surface area (Å²) in [6.07, 6.45) is -0.265. The summed E-state index contributed by atoms with van der Waals surface area (Å²) in [6, 6.07) is 2.02. The van der Waals surface area contributed by atoms with Crippen LogP contribution in [0.4, 0.5) is 4.79 Å². The Morgan fingerprint density at radius 1 is 1.56 bits per heavy atom. The highest BCUT2D eigenvalue weighted by molar-refractivity contribution is 9.10. The van der Waals surface area contributed by atoms with Gasteiger partial charge in [0.05, 0.1) is 24.8 Å². The average molecular weight is 316 g/mol. The minimum atomic E-state index is -0.463. The Bertz CT molecular complexity index is 464. The van der Waals surface area contributed by atoms with Gasteiger partial charge in [-0.05, 0) is 49.7 Å². The summed E-state index contributed by atoms with van der Waals surface area (Å²) in [6.45, 7) is 8.86. The van der Waals surface area contributed by atoms with Crippen LogP contribution in [-0.4, -0.2) is 32.4 Å². The van der Waals surface area contributed by atoms with E-state index in [4.69, 9.17) is 4.74 Å². The van der Waals surface area contributed by atoms with Crippen LogP contribution in [0.2, 0.25) is 0 Å². The zero-order valence-electron chi connectivity index (χ0n) is 11.1. The van der Waals surface area contributed by atoms with Gasteiger partial charge in [0.1, 0.15) is 10.2 Å². The molecule has 1 atom stereocenters. The van der Waals surface area contributed by atoms with E-state index >= 15 is 0 Å².